The number of fused-ring (bicyclic) bond motifs is 40. The number of hydrogen-bond acceptors (Lipinski definition) is 22. The van der Waals surface area contributed by atoms with Crippen LogP contribution in [0.2, 0.25) is 0 Å². The molecule has 496 valence electrons. The third-order valence-electron chi connectivity index (χ3n) is 28.4. The van der Waals surface area contributed by atoms with Crippen LogP contribution >= 0.6 is 0 Å². The molecule has 18 aliphatic rings. The van der Waals surface area contributed by atoms with Gasteiger partial charge in [-0.2, -0.15) is 0 Å². The second kappa shape index (κ2) is 25.9. The molecule has 18 fully saturated rings. The summed E-state index contributed by atoms with van der Waals surface area (Å²) in [5.74, 6) is 6.67. The van der Waals surface area contributed by atoms with Crippen LogP contribution in [0.3, 0.4) is 0 Å². The maximum Gasteiger partial charge on any atom is 2.00 e. The van der Waals surface area contributed by atoms with Crippen LogP contribution in [0.25, 0.3) is 0 Å². The first-order valence-electron chi connectivity index (χ1n) is 36.9. The van der Waals surface area contributed by atoms with Crippen molar-refractivity contribution in [3.63, 3.8) is 0 Å². The van der Waals surface area contributed by atoms with Crippen LogP contribution in [-0.4, -0.2) is 135 Å². The summed E-state index contributed by atoms with van der Waals surface area (Å²) in [6, 6.07) is 0. The Bertz CT molecular complexity index is 2540. The van der Waals surface area contributed by atoms with Crippen molar-refractivity contribution in [2.24, 2.45) is 94.7 Å². The molecule has 10 aliphatic heterocycles. The SMILES string of the molecule is O=S(=O)([O-])C1CCCC2C3NC4NC(NC5NC(NC6NC(NC(N3)C21)C1CCCCC61)C1CCCCC51)C1CCCCC41.O=S(=O)([O-])C1CCCC2C3NC4NC(NC5NC(NC6NC(NC(N3)C21)C1CCCCC61)C1CCCCC51)C1CCCCC41.[Zn+2]. The van der Waals surface area contributed by atoms with Crippen LogP contribution < -0.4 is 85.1 Å². The summed E-state index contributed by atoms with van der Waals surface area (Å²) >= 11 is 0. The quantitative estimate of drug-likeness (QED) is 0.139. The Hall–Kier alpha value is -0.197. The van der Waals surface area contributed by atoms with Crippen molar-refractivity contribution in [2.45, 2.75) is 302 Å². The van der Waals surface area contributed by atoms with Gasteiger partial charge in [0.2, 0.25) is 0 Å². The van der Waals surface area contributed by atoms with Crippen LogP contribution in [0.15, 0.2) is 0 Å². The molecular weight excluding hydrogens is 1220 g/mol. The van der Waals surface area contributed by atoms with Gasteiger partial charge in [0.05, 0.1) is 129 Å². The normalized spacial score (nSPS) is 54.9. The van der Waals surface area contributed by atoms with Gasteiger partial charge in [0.1, 0.15) is 0 Å². The predicted molar refractivity (Wildman–Crippen MR) is 332 cm³/mol. The molecule has 0 aromatic carbocycles. The summed E-state index contributed by atoms with van der Waals surface area (Å²) in [5.41, 5.74) is 0. The summed E-state index contributed by atoms with van der Waals surface area (Å²) in [7, 11) is -8.81. The minimum absolute atomic E-state index is 0. The third-order valence-corrected chi connectivity index (χ3v) is 31.0. The Kier molecular flexibility index (Phi) is 18.5. The van der Waals surface area contributed by atoms with Crippen molar-refractivity contribution >= 4 is 20.2 Å². The molecular formula is C64H110N16O6S2Zn. The van der Waals surface area contributed by atoms with E-state index in [-0.39, 0.29) is 129 Å². The van der Waals surface area contributed by atoms with Crippen molar-refractivity contribution in [3.8, 4) is 0 Å². The molecule has 16 bridgehead atoms. The number of rotatable bonds is 2. The standard InChI is InChI=1S/2C32H56N8O3S.Zn/c2*41-44(42,43)23-15-7-14-22-24(23)32-39-30-21-13-6-5-12-20(21)28(37-30)35-26-17-9-2-1-8-16(17)25(33-26)34-27-18-10-3-4-11-19(18)29(36-27)38-31(22)40-32;/h2*16-40H,1-15H2,(H,41,42,43);/q;;+2/p-2. The van der Waals surface area contributed by atoms with Gasteiger partial charge < -0.3 is 9.11 Å². The minimum Gasteiger partial charge on any atom is -0.748 e. The molecule has 18 rings (SSSR count). The van der Waals surface area contributed by atoms with Gasteiger partial charge in [-0.15, -0.1) is 0 Å². The van der Waals surface area contributed by atoms with E-state index in [9.17, 15) is 25.9 Å². The molecule has 89 heavy (non-hydrogen) atoms. The second-order valence-corrected chi connectivity index (χ2v) is 35.6. The van der Waals surface area contributed by atoms with Gasteiger partial charge in [-0.05, 0) is 186 Å². The Morgan fingerprint density at radius 2 is 0.326 bits per heavy atom. The van der Waals surface area contributed by atoms with Crippen molar-refractivity contribution < 1.29 is 45.4 Å². The monoisotopic (exact) mass is 1330 g/mol. The Labute approximate surface area is 544 Å². The van der Waals surface area contributed by atoms with Crippen LogP contribution in [0.1, 0.15) is 193 Å². The molecule has 0 amide bonds. The fourth-order valence-electron chi connectivity index (χ4n) is 24.7. The Morgan fingerprint density at radius 1 is 0.191 bits per heavy atom. The molecule has 22 nitrogen and oxygen atoms in total. The molecule has 10 saturated heterocycles. The molecule has 0 aromatic heterocycles. The fourth-order valence-corrected chi connectivity index (χ4v) is 27.1. The average molecular weight is 1330 g/mol. The predicted octanol–water partition coefficient (Wildman–Crippen LogP) is 2.26. The third kappa shape index (κ3) is 11.8. The van der Waals surface area contributed by atoms with E-state index in [0.29, 0.717) is 96.2 Å². The molecule has 25 heteroatoms. The van der Waals surface area contributed by atoms with Crippen LogP contribution in [0.5, 0.6) is 0 Å². The average Bonchev–Trinajstić information content (AvgIpc) is 1.68. The van der Waals surface area contributed by atoms with Gasteiger partial charge >= 0.3 is 19.5 Å². The van der Waals surface area contributed by atoms with Gasteiger partial charge in [-0.1, -0.05) is 89.9 Å². The molecule has 10 heterocycles. The van der Waals surface area contributed by atoms with Gasteiger partial charge in [0, 0.05) is 11.8 Å². The van der Waals surface area contributed by atoms with Crippen LogP contribution in [0, 0.1) is 94.7 Å². The molecule has 8 aliphatic carbocycles. The van der Waals surface area contributed by atoms with Crippen molar-refractivity contribution in [1.29, 1.82) is 0 Å². The minimum atomic E-state index is -4.41. The number of hydrogen-bond donors (Lipinski definition) is 16. The molecule has 16 N–H and O–H groups in total. The zero-order valence-corrected chi connectivity index (χ0v) is 57.4. The Balaban J connectivity index is 0.000000141. The van der Waals surface area contributed by atoms with E-state index >= 15 is 0 Å². The van der Waals surface area contributed by atoms with Crippen molar-refractivity contribution in [3.05, 3.63) is 0 Å². The first-order chi connectivity index (χ1) is 42.8. The summed E-state index contributed by atoms with van der Waals surface area (Å²) in [6.07, 6.45) is 37.0. The van der Waals surface area contributed by atoms with Crippen LogP contribution in [-0.2, 0) is 39.7 Å². The molecule has 0 spiro atoms. The zero-order chi connectivity index (χ0) is 59.2. The van der Waals surface area contributed by atoms with E-state index in [0.717, 1.165) is 25.7 Å². The first-order valence-corrected chi connectivity index (χ1v) is 39.9. The smallest absolute Gasteiger partial charge is 0.748 e. The van der Waals surface area contributed by atoms with E-state index in [4.69, 9.17) is 0 Å². The molecule has 0 radical (unpaired) electrons. The maximum atomic E-state index is 12.7. The summed E-state index contributed by atoms with van der Waals surface area (Å²) in [5, 5.41) is 63.1. The van der Waals surface area contributed by atoms with E-state index in [1.54, 1.807) is 0 Å². The summed E-state index contributed by atoms with van der Waals surface area (Å²) in [6.45, 7) is 0. The molecule has 0 aromatic rings. The van der Waals surface area contributed by atoms with Gasteiger partial charge in [-0.25, -0.2) is 16.8 Å². The number of nitrogens with one attached hydrogen (secondary N) is 16. The van der Waals surface area contributed by atoms with E-state index < -0.39 is 30.7 Å². The molecule has 34 unspecified atom stereocenters. The molecule has 8 saturated carbocycles. The molecule has 34 atom stereocenters. The Morgan fingerprint density at radius 3 is 0.483 bits per heavy atom. The van der Waals surface area contributed by atoms with Crippen molar-refractivity contribution in [2.75, 3.05) is 0 Å². The van der Waals surface area contributed by atoms with Gasteiger partial charge in [0.25, 0.3) is 0 Å². The second-order valence-electron chi connectivity index (χ2n) is 32.4. The van der Waals surface area contributed by atoms with Crippen LogP contribution in [0.4, 0.5) is 0 Å². The van der Waals surface area contributed by atoms with E-state index in [2.05, 4.69) is 85.1 Å². The van der Waals surface area contributed by atoms with E-state index in [1.807, 2.05) is 0 Å². The fraction of sp³-hybridized carbons (Fsp3) is 1.00. The van der Waals surface area contributed by atoms with E-state index in [1.165, 1.54) is 154 Å². The van der Waals surface area contributed by atoms with Crippen molar-refractivity contribution in [1.82, 2.24) is 85.1 Å². The first kappa shape index (κ1) is 63.5. The summed E-state index contributed by atoms with van der Waals surface area (Å²) in [4.78, 5) is 0. The maximum absolute atomic E-state index is 12.7. The largest absolute Gasteiger partial charge is 2.00 e. The summed E-state index contributed by atoms with van der Waals surface area (Å²) < 4.78 is 76.3. The topological polar surface area (TPSA) is 307 Å². The van der Waals surface area contributed by atoms with Gasteiger partial charge in [0.15, 0.2) is 0 Å². The zero-order valence-electron chi connectivity index (χ0n) is 52.8. The van der Waals surface area contributed by atoms with Gasteiger partial charge in [-0.3, -0.25) is 85.1 Å².